The van der Waals surface area contributed by atoms with Crippen LogP contribution in [-0.2, 0) is 6.61 Å². The van der Waals surface area contributed by atoms with Crippen molar-refractivity contribution in [1.82, 2.24) is 0 Å². The van der Waals surface area contributed by atoms with Crippen LogP contribution in [0, 0.1) is 11.3 Å². The van der Waals surface area contributed by atoms with Gasteiger partial charge in [0.1, 0.15) is 29.7 Å². The Morgan fingerprint density at radius 2 is 1.90 bits per heavy atom. The van der Waals surface area contributed by atoms with Gasteiger partial charge in [-0.3, -0.25) is 0 Å². The minimum absolute atomic E-state index is 0.0403. The molecule has 1 aromatic heterocycles. The van der Waals surface area contributed by atoms with Gasteiger partial charge >= 0.3 is 5.97 Å². The van der Waals surface area contributed by atoms with E-state index in [1.54, 1.807) is 36.4 Å². The van der Waals surface area contributed by atoms with Gasteiger partial charge in [0.05, 0.1) is 18.8 Å². The molecule has 1 atom stereocenters. The van der Waals surface area contributed by atoms with Gasteiger partial charge in [0.2, 0.25) is 11.6 Å². The van der Waals surface area contributed by atoms with Crippen LogP contribution in [0.25, 0.3) is 0 Å². The maximum atomic E-state index is 12.3. The van der Waals surface area contributed by atoms with Gasteiger partial charge in [-0.2, -0.15) is 5.26 Å². The lowest BCUT2D eigenvalue weighted by Crippen LogP contribution is -2.21. The molecule has 0 saturated heterocycles. The molecule has 3 aromatic carbocycles. The van der Waals surface area contributed by atoms with Crippen LogP contribution < -0.4 is 24.7 Å². The summed E-state index contributed by atoms with van der Waals surface area (Å²) < 4.78 is 28.2. The van der Waals surface area contributed by atoms with Crippen LogP contribution in [0.1, 0.15) is 40.1 Å². The van der Waals surface area contributed by atoms with Crippen LogP contribution in [0.15, 0.2) is 94.9 Å². The number of esters is 1. The van der Waals surface area contributed by atoms with E-state index in [1.165, 1.54) is 12.3 Å². The van der Waals surface area contributed by atoms with Crippen LogP contribution >= 0.6 is 11.6 Å². The standard InChI is InChI=1S/C30H23ClN2O6/c1-2-35-27-14-18(9-12-24(27)37-17-19-6-3-4-7-23(19)31)28-21-11-10-20(38-30(34)25-8-5-13-36-25)15-26(21)39-29(33)22(28)16-32/h3-15,28H,2,17,33H2,1H3. The summed E-state index contributed by atoms with van der Waals surface area (Å²) in [6.07, 6.45) is 1.38. The van der Waals surface area contributed by atoms with Crippen molar-refractivity contribution < 1.29 is 28.2 Å². The average molecular weight is 543 g/mol. The van der Waals surface area contributed by atoms with E-state index in [9.17, 15) is 10.1 Å². The maximum Gasteiger partial charge on any atom is 0.379 e. The molecule has 0 bridgehead atoms. The van der Waals surface area contributed by atoms with Crippen LogP contribution in [-0.4, -0.2) is 12.6 Å². The Labute approximate surface area is 229 Å². The van der Waals surface area contributed by atoms with E-state index in [2.05, 4.69) is 6.07 Å². The zero-order chi connectivity index (χ0) is 27.4. The van der Waals surface area contributed by atoms with Crippen LogP contribution in [0.3, 0.4) is 0 Å². The Kier molecular flexibility index (Phi) is 7.43. The lowest BCUT2D eigenvalue weighted by atomic mass is 9.83. The van der Waals surface area contributed by atoms with Crippen molar-refractivity contribution in [2.24, 2.45) is 5.73 Å². The van der Waals surface area contributed by atoms with Crippen molar-refractivity contribution >= 4 is 17.6 Å². The molecule has 0 spiro atoms. The molecule has 2 N–H and O–H groups in total. The monoisotopic (exact) mass is 542 g/mol. The summed E-state index contributed by atoms with van der Waals surface area (Å²) in [5, 5.41) is 10.6. The molecule has 8 nitrogen and oxygen atoms in total. The summed E-state index contributed by atoms with van der Waals surface area (Å²) in [7, 11) is 0. The molecule has 0 fully saturated rings. The summed E-state index contributed by atoms with van der Waals surface area (Å²) in [4.78, 5) is 12.3. The number of nitrogens with two attached hydrogens (primary N) is 1. The molecule has 1 aliphatic rings. The second kappa shape index (κ2) is 11.3. The summed E-state index contributed by atoms with van der Waals surface area (Å²) in [5.41, 5.74) is 8.66. The Balaban J connectivity index is 1.46. The number of halogens is 1. The first kappa shape index (κ1) is 25.8. The third-order valence-electron chi connectivity index (χ3n) is 6.07. The largest absolute Gasteiger partial charge is 0.490 e. The lowest BCUT2D eigenvalue weighted by Gasteiger charge is -2.27. The highest BCUT2D eigenvalue weighted by Gasteiger charge is 2.32. The molecule has 0 saturated carbocycles. The van der Waals surface area contributed by atoms with Gasteiger partial charge in [-0.15, -0.1) is 0 Å². The summed E-state index contributed by atoms with van der Waals surface area (Å²) >= 11 is 6.27. The van der Waals surface area contributed by atoms with E-state index in [4.69, 9.17) is 40.7 Å². The molecule has 5 rings (SSSR count). The Hall–Kier alpha value is -4.87. The SMILES string of the molecule is CCOc1cc(C2C(C#N)=C(N)Oc3cc(OC(=O)c4ccco4)ccc32)ccc1OCc1ccccc1Cl. The fourth-order valence-corrected chi connectivity index (χ4v) is 4.45. The molecule has 0 amide bonds. The van der Waals surface area contributed by atoms with E-state index in [-0.39, 0.29) is 29.6 Å². The Morgan fingerprint density at radius 3 is 2.64 bits per heavy atom. The van der Waals surface area contributed by atoms with Crippen molar-refractivity contribution in [3.05, 3.63) is 118 Å². The van der Waals surface area contributed by atoms with Gasteiger partial charge in [-0.05, 0) is 48.9 Å². The number of hydrogen-bond acceptors (Lipinski definition) is 8. The average Bonchev–Trinajstić information content (AvgIpc) is 3.48. The fourth-order valence-electron chi connectivity index (χ4n) is 4.26. The number of fused-ring (bicyclic) bond motifs is 1. The summed E-state index contributed by atoms with van der Waals surface area (Å²) in [5.74, 6) is 0.462. The van der Waals surface area contributed by atoms with Gasteiger partial charge in [-0.25, -0.2) is 4.79 Å². The second-order valence-electron chi connectivity index (χ2n) is 8.51. The van der Waals surface area contributed by atoms with Crippen molar-refractivity contribution in [2.75, 3.05) is 6.61 Å². The summed E-state index contributed by atoms with van der Waals surface area (Å²) in [6, 6.07) is 23.1. The first-order chi connectivity index (χ1) is 19.0. The van der Waals surface area contributed by atoms with Gasteiger partial charge in [0.15, 0.2) is 11.5 Å². The number of ether oxygens (including phenoxy) is 4. The third-order valence-corrected chi connectivity index (χ3v) is 6.43. The van der Waals surface area contributed by atoms with E-state index in [1.807, 2.05) is 37.3 Å². The number of carbonyl (C=O) groups excluding carboxylic acids is 1. The van der Waals surface area contributed by atoms with Crippen molar-refractivity contribution in [1.29, 1.82) is 5.26 Å². The highest BCUT2D eigenvalue weighted by Crippen LogP contribution is 2.45. The number of hydrogen-bond donors (Lipinski definition) is 1. The molecule has 1 aliphatic heterocycles. The van der Waals surface area contributed by atoms with E-state index in [0.717, 1.165) is 11.1 Å². The zero-order valence-corrected chi connectivity index (χ0v) is 21.6. The molecule has 2 heterocycles. The fraction of sp³-hybridized carbons (Fsp3) is 0.133. The molecule has 39 heavy (non-hydrogen) atoms. The number of nitriles is 1. The molecule has 0 aliphatic carbocycles. The van der Waals surface area contributed by atoms with Crippen LogP contribution in [0.2, 0.25) is 5.02 Å². The highest BCUT2D eigenvalue weighted by molar-refractivity contribution is 6.31. The minimum Gasteiger partial charge on any atom is -0.490 e. The second-order valence-corrected chi connectivity index (χ2v) is 8.92. The number of allylic oxidation sites excluding steroid dienone is 1. The number of nitrogens with zero attached hydrogens (tertiary/aromatic N) is 1. The van der Waals surface area contributed by atoms with Crippen molar-refractivity contribution in [2.45, 2.75) is 19.4 Å². The van der Waals surface area contributed by atoms with Crippen LogP contribution in [0.5, 0.6) is 23.0 Å². The van der Waals surface area contributed by atoms with Gasteiger partial charge in [0, 0.05) is 22.2 Å². The van der Waals surface area contributed by atoms with Crippen LogP contribution in [0.4, 0.5) is 0 Å². The zero-order valence-electron chi connectivity index (χ0n) is 20.8. The maximum absolute atomic E-state index is 12.3. The molecule has 4 aromatic rings. The quantitative estimate of drug-likeness (QED) is 0.202. The smallest absolute Gasteiger partial charge is 0.379 e. The van der Waals surface area contributed by atoms with Gasteiger partial charge in [-0.1, -0.05) is 41.9 Å². The molecule has 196 valence electrons. The molecular weight excluding hydrogens is 520 g/mol. The predicted molar refractivity (Wildman–Crippen MR) is 143 cm³/mol. The topological polar surface area (TPSA) is 117 Å². The first-order valence-electron chi connectivity index (χ1n) is 12.1. The molecule has 0 radical (unpaired) electrons. The third kappa shape index (κ3) is 5.40. The molecule has 1 unspecified atom stereocenters. The van der Waals surface area contributed by atoms with Crippen molar-refractivity contribution in [3.63, 3.8) is 0 Å². The number of carbonyl (C=O) groups is 1. The normalized spacial score (nSPS) is 14.1. The van der Waals surface area contributed by atoms with Gasteiger partial charge in [0.25, 0.3) is 0 Å². The first-order valence-corrected chi connectivity index (χ1v) is 12.5. The molecular formula is C30H23ClN2O6. The predicted octanol–water partition coefficient (Wildman–Crippen LogP) is 6.35. The lowest BCUT2D eigenvalue weighted by molar-refractivity contribution is 0.0701. The van der Waals surface area contributed by atoms with Gasteiger partial charge < -0.3 is 29.1 Å². The number of rotatable bonds is 8. The highest BCUT2D eigenvalue weighted by atomic mass is 35.5. The van der Waals surface area contributed by atoms with E-state index < -0.39 is 11.9 Å². The number of furan rings is 1. The Morgan fingerprint density at radius 1 is 1.05 bits per heavy atom. The van der Waals surface area contributed by atoms with E-state index >= 15 is 0 Å². The Bertz CT molecular complexity index is 1590. The summed E-state index contributed by atoms with van der Waals surface area (Å²) in [6.45, 7) is 2.54. The minimum atomic E-state index is -0.651. The molecule has 9 heteroatoms. The van der Waals surface area contributed by atoms with E-state index in [0.29, 0.717) is 34.4 Å². The number of benzene rings is 3. The van der Waals surface area contributed by atoms with Crippen molar-refractivity contribution in [3.8, 4) is 29.1 Å².